The first-order chi connectivity index (χ1) is 16.0. The zero-order chi connectivity index (χ0) is 26.4. The molecule has 2 aromatic rings. The molecule has 4 rings (SSSR count). The van der Waals surface area contributed by atoms with Crippen LogP contribution in [0.25, 0.3) is 10.8 Å². The Morgan fingerprint density at radius 1 is 1.17 bits per heavy atom. The van der Waals surface area contributed by atoms with E-state index in [-0.39, 0.29) is 22.4 Å². The molecule has 3 unspecified atom stereocenters. The SMILES string of the molecule is CN(C)C1C(=O)C(C(N)=O)=C(O)C2(O)C(=O)c3c(cc4c(Cl)cc(S(=O)(=O)O)c(O)c4c3O)CC12. The highest BCUT2D eigenvalue weighted by Gasteiger charge is 2.62. The number of aliphatic hydroxyl groups is 2. The minimum atomic E-state index is -5.00. The molecule has 0 heterocycles. The molecule has 2 aliphatic carbocycles. The molecule has 0 radical (unpaired) electrons. The van der Waals surface area contributed by atoms with E-state index in [1.807, 2.05) is 0 Å². The Kier molecular flexibility index (Phi) is 5.43. The summed E-state index contributed by atoms with van der Waals surface area (Å²) in [4.78, 5) is 38.8. The number of aromatic hydroxyl groups is 2. The van der Waals surface area contributed by atoms with E-state index in [2.05, 4.69) is 0 Å². The summed E-state index contributed by atoms with van der Waals surface area (Å²) in [6.07, 6.45) is -0.289. The molecule has 0 saturated heterocycles. The zero-order valence-corrected chi connectivity index (χ0v) is 19.7. The number of hydrogen-bond acceptors (Lipinski definition) is 10. The number of primary amides is 1. The number of ketones is 2. The molecule has 1 amide bonds. The van der Waals surface area contributed by atoms with Crippen LogP contribution in [0.5, 0.6) is 11.5 Å². The first-order valence-corrected chi connectivity index (χ1v) is 11.8. The minimum absolute atomic E-state index is 0.0607. The number of benzene rings is 2. The molecule has 0 fully saturated rings. The number of phenolic OH excluding ortho intramolecular Hbond substituents is 2. The van der Waals surface area contributed by atoms with Crippen molar-refractivity contribution >= 4 is 50.0 Å². The standard InChI is InChI=1S/C21H19ClN2O10S/c1-24(2)14-8-4-6-3-7-9(22)5-10(35(32,33)34)15(25)12(7)16(26)11(6)18(28)21(8,31)19(29)13(17(14)27)20(23)30/h3,5,8,14,25-26,29,31H,4H2,1-2H3,(H2,23,30)(H,32,33,34). The van der Waals surface area contributed by atoms with Gasteiger partial charge in [-0.15, -0.1) is 0 Å². The molecule has 0 saturated carbocycles. The summed E-state index contributed by atoms with van der Waals surface area (Å²) in [7, 11) is -2.10. The average Bonchev–Trinajstić information content (AvgIpc) is 2.71. The summed E-state index contributed by atoms with van der Waals surface area (Å²) in [6, 6.07) is 0.722. The third-order valence-electron chi connectivity index (χ3n) is 6.49. The molecule has 14 heteroatoms. The largest absolute Gasteiger partial charge is 0.508 e. The summed E-state index contributed by atoms with van der Waals surface area (Å²) >= 11 is 6.14. The van der Waals surface area contributed by atoms with Crippen LogP contribution in [0, 0.1) is 5.92 Å². The molecule has 12 nitrogen and oxygen atoms in total. The van der Waals surface area contributed by atoms with Crippen LogP contribution in [0.2, 0.25) is 5.02 Å². The number of nitrogens with two attached hydrogens (primary N) is 1. The summed E-state index contributed by atoms with van der Waals surface area (Å²) in [5, 5.41) is 42.6. The highest BCUT2D eigenvalue weighted by atomic mass is 35.5. The minimum Gasteiger partial charge on any atom is -0.508 e. The summed E-state index contributed by atoms with van der Waals surface area (Å²) in [5.41, 5.74) is 0.838. The Morgan fingerprint density at radius 2 is 1.77 bits per heavy atom. The number of rotatable bonds is 3. The molecule has 0 aliphatic heterocycles. The van der Waals surface area contributed by atoms with Crippen molar-refractivity contribution < 1.29 is 47.8 Å². The van der Waals surface area contributed by atoms with E-state index in [0.717, 1.165) is 6.07 Å². The topological polar surface area (TPSA) is 216 Å². The lowest BCUT2D eigenvalue weighted by molar-refractivity contribution is -0.132. The molecule has 0 spiro atoms. The lowest BCUT2D eigenvalue weighted by atomic mass is 9.62. The van der Waals surface area contributed by atoms with Gasteiger partial charge in [0.2, 0.25) is 5.78 Å². The Balaban J connectivity index is 2.11. The molecule has 186 valence electrons. The number of phenols is 2. The van der Waals surface area contributed by atoms with Crippen LogP contribution in [-0.4, -0.2) is 81.5 Å². The molecular formula is C21H19ClN2O10S. The summed E-state index contributed by atoms with van der Waals surface area (Å²) in [6.45, 7) is 0. The molecule has 2 aromatic carbocycles. The van der Waals surface area contributed by atoms with Gasteiger partial charge in [-0.25, -0.2) is 0 Å². The van der Waals surface area contributed by atoms with Gasteiger partial charge >= 0.3 is 0 Å². The van der Waals surface area contributed by atoms with Gasteiger partial charge in [0, 0.05) is 11.3 Å². The van der Waals surface area contributed by atoms with Crippen molar-refractivity contribution in [3.05, 3.63) is 39.6 Å². The second-order valence-corrected chi connectivity index (χ2v) is 10.4. The van der Waals surface area contributed by atoms with E-state index in [9.17, 15) is 47.8 Å². The van der Waals surface area contributed by atoms with E-state index < -0.39 is 83.8 Å². The van der Waals surface area contributed by atoms with Gasteiger partial charge in [0.1, 0.15) is 27.7 Å². The number of fused-ring (bicyclic) bond motifs is 3. The predicted octanol–water partition coefficient (Wildman–Crippen LogP) is 0.0475. The third kappa shape index (κ3) is 3.23. The molecule has 0 bridgehead atoms. The smallest absolute Gasteiger partial charge is 0.298 e. The van der Waals surface area contributed by atoms with E-state index in [1.54, 1.807) is 0 Å². The van der Waals surface area contributed by atoms with Gasteiger partial charge in [-0.3, -0.25) is 23.8 Å². The summed E-state index contributed by atoms with van der Waals surface area (Å²) in [5.74, 6) is -8.33. The van der Waals surface area contributed by atoms with Crippen LogP contribution in [0.3, 0.4) is 0 Å². The van der Waals surface area contributed by atoms with E-state index in [4.69, 9.17) is 17.3 Å². The van der Waals surface area contributed by atoms with Gasteiger partial charge in [0.05, 0.1) is 22.0 Å². The van der Waals surface area contributed by atoms with Gasteiger partial charge in [-0.2, -0.15) is 8.42 Å². The van der Waals surface area contributed by atoms with Crippen molar-refractivity contribution in [2.75, 3.05) is 14.1 Å². The molecule has 3 atom stereocenters. The number of carbonyl (C=O) groups is 3. The van der Waals surface area contributed by atoms with E-state index in [0.29, 0.717) is 0 Å². The van der Waals surface area contributed by atoms with Crippen LogP contribution in [-0.2, 0) is 26.1 Å². The highest BCUT2D eigenvalue weighted by Crippen LogP contribution is 2.51. The molecule has 0 aromatic heterocycles. The fraction of sp³-hybridized carbons (Fsp3) is 0.286. The number of amides is 1. The maximum Gasteiger partial charge on any atom is 0.298 e. The fourth-order valence-corrected chi connectivity index (χ4v) is 5.92. The van der Waals surface area contributed by atoms with Crippen LogP contribution in [0.15, 0.2) is 28.4 Å². The molecule has 7 N–H and O–H groups in total. The lowest BCUT2D eigenvalue weighted by Crippen LogP contribution is -2.64. The van der Waals surface area contributed by atoms with Crippen molar-refractivity contribution in [1.29, 1.82) is 0 Å². The Bertz CT molecular complexity index is 1510. The first-order valence-electron chi connectivity index (χ1n) is 9.93. The Labute approximate surface area is 202 Å². The number of halogens is 1. The van der Waals surface area contributed by atoms with Crippen LogP contribution < -0.4 is 5.73 Å². The van der Waals surface area contributed by atoms with Crippen LogP contribution >= 0.6 is 11.6 Å². The van der Waals surface area contributed by atoms with Crippen molar-refractivity contribution in [2.45, 2.75) is 23.0 Å². The van der Waals surface area contributed by atoms with Gasteiger partial charge in [-0.05, 0) is 38.2 Å². The number of likely N-dealkylation sites (N-methyl/N-ethyl adjacent to an activating group) is 1. The fourth-order valence-electron chi connectivity index (χ4n) is 4.98. The monoisotopic (exact) mass is 526 g/mol. The molecule has 2 aliphatic rings. The maximum absolute atomic E-state index is 13.6. The summed E-state index contributed by atoms with van der Waals surface area (Å²) < 4.78 is 32.7. The van der Waals surface area contributed by atoms with Crippen molar-refractivity contribution in [3.8, 4) is 11.5 Å². The quantitative estimate of drug-likeness (QED) is 0.232. The van der Waals surface area contributed by atoms with E-state index >= 15 is 0 Å². The second-order valence-electron chi connectivity index (χ2n) is 8.63. The second kappa shape index (κ2) is 7.63. The zero-order valence-electron chi connectivity index (χ0n) is 18.1. The van der Waals surface area contributed by atoms with Crippen LogP contribution in [0.4, 0.5) is 0 Å². The van der Waals surface area contributed by atoms with Crippen molar-refractivity contribution in [3.63, 3.8) is 0 Å². The van der Waals surface area contributed by atoms with Crippen molar-refractivity contribution in [2.24, 2.45) is 11.7 Å². The lowest BCUT2D eigenvalue weighted by Gasteiger charge is -2.47. The Hall–Kier alpha value is -3.23. The normalized spacial score (nSPS) is 24.6. The highest BCUT2D eigenvalue weighted by molar-refractivity contribution is 7.86. The number of carbonyl (C=O) groups excluding carboxylic acids is 3. The van der Waals surface area contributed by atoms with Crippen LogP contribution in [0.1, 0.15) is 15.9 Å². The number of hydrogen-bond donors (Lipinski definition) is 6. The van der Waals surface area contributed by atoms with Gasteiger partial charge in [0.15, 0.2) is 11.4 Å². The first kappa shape index (κ1) is 24.9. The number of Topliss-reactive ketones (excluding diaryl/α,β-unsaturated/α-hetero) is 2. The maximum atomic E-state index is 13.6. The predicted molar refractivity (Wildman–Crippen MR) is 120 cm³/mol. The van der Waals surface area contributed by atoms with Gasteiger partial charge in [-0.1, -0.05) is 11.6 Å². The van der Waals surface area contributed by atoms with Crippen molar-refractivity contribution in [1.82, 2.24) is 4.90 Å². The van der Waals surface area contributed by atoms with E-state index in [1.165, 1.54) is 25.1 Å². The Morgan fingerprint density at radius 3 is 2.29 bits per heavy atom. The number of nitrogens with zero attached hydrogens (tertiary/aromatic N) is 1. The average molecular weight is 527 g/mol. The van der Waals surface area contributed by atoms with Gasteiger partial charge in [0.25, 0.3) is 16.0 Å². The molecule has 35 heavy (non-hydrogen) atoms. The third-order valence-corrected chi connectivity index (χ3v) is 7.67. The molecular weight excluding hydrogens is 508 g/mol. The number of aliphatic hydroxyl groups excluding tert-OH is 1. The van der Waals surface area contributed by atoms with Gasteiger partial charge < -0.3 is 26.2 Å².